The Balaban J connectivity index is 2.90. The molecule has 0 aromatic heterocycles. The van der Waals surface area contributed by atoms with Crippen LogP contribution in [-0.4, -0.2) is 25.7 Å². The average Bonchev–Trinajstić information content (AvgIpc) is 2.40. The first kappa shape index (κ1) is 16.5. The van der Waals surface area contributed by atoms with Crippen molar-refractivity contribution in [1.82, 2.24) is 5.32 Å². The topological polar surface area (TPSA) is 47.6 Å². The first-order chi connectivity index (χ1) is 9.58. The highest BCUT2D eigenvalue weighted by Gasteiger charge is 2.22. The Morgan fingerprint density at radius 1 is 1.25 bits per heavy atom. The SMILES string of the molecule is CCOC(=O)C(NCC(C)C)c1cccc(OCC)c1. The number of esters is 1. The fourth-order valence-electron chi connectivity index (χ4n) is 1.87. The summed E-state index contributed by atoms with van der Waals surface area (Å²) in [7, 11) is 0. The van der Waals surface area contributed by atoms with Gasteiger partial charge >= 0.3 is 5.97 Å². The lowest BCUT2D eigenvalue weighted by Crippen LogP contribution is -2.32. The van der Waals surface area contributed by atoms with Crippen LogP contribution in [0.3, 0.4) is 0 Å². The molecule has 1 aromatic rings. The molecule has 112 valence electrons. The van der Waals surface area contributed by atoms with Gasteiger partial charge in [-0.25, -0.2) is 4.79 Å². The molecular weight excluding hydrogens is 254 g/mol. The number of rotatable bonds is 8. The maximum Gasteiger partial charge on any atom is 0.327 e. The van der Waals surface area contributed by atoms with Crippen molar-refractivity contribution < 1.29 is 14.3 Å². The van der Waals surface area contributed by atoms with Crippen molar-refractivity contribution in [1.29, 1.82) is 0 Å². The lowest BCUT2D eigenvalue weighted by atomic mass is 10.1. The summed E-state index contributed by atoms with van der Waals surface area (Å²) in [6.45, 7) is 9.69. The zero-order valence-corrected chi connectivity index (χ0v) is 12.8. The molecule has 1 aromatic carbocycles. The molecule has 0 saturated carbocycles. The number of carbonyl (C=O) groups excluding carboxylic acids is 1. The molecule has 0 amide bonds. The van der Waals surface area contributed by atoms with Gasteiger partial charge in [-0.3, -0.25) is 0 Å². The van der Waals surface area contributed by atoms with Gasteiger partial charge in [0.1, 0.15) is 11.8 Å². The van der Waals surface area contributed by atoms with Crippen molar-refractivity contribution in [3.05, 3.63) is 29.8 Å². The van der Waals surface area contributed by atoms with E-state index in [9.17, 15) is 4.79 Å². The monoisotopic (exact) mass is 279 g/mol. The average molecular weight is 279 g/mol. The van der Waals surface area contributed by atoms with Crippen LogP contribution < -0.4 is 10.1 Å². The van der Waals surface area contributed by atoms with Crippen molar-refractivity contribution in [2.45, 2.75) is 33.7 Å². The summed E-state index contributed by atoms with van der Waals surface area (Å²) in [4.78, 5) is 12.1. The Morgan fingerprint density at radius 3 is 2.60 bits per heavy atom. The van der Waals surface area contributed by atoms with Crippen LogP contribution in [0.5, 0.6) is 5.75 Å². The van der Waals surface area contributed by atoms with E-state index in [1.54, 1.807) is 0 Å². The van der Waals surface area contributed by atoms with Crippen LogP contribution in [0.25, 0.3) is 0 Å². The number of carbonyl (C=O) groups is 1. The van der Waals surface area contributed by atoms with E-state index < -0.39 is 6.04 Å². The van der Waals surface area contributed by atoms with Crippen molar-refractivity contribution in [3.63, 3.8) is 0 Å². The molecule has 0 fully saturated rings. The zero-order chi connectivity index (χ0) is 15.0. The molecule has 0 bridgehead atoms. The Bertz CT molecular complexity index is 418. The van der Waals surface area contributed by atoms with E-state index in [-0.39, 0.29) is 5.97 Å². The van der Waals surface area contributed by atoms with Crippen molar-refractivity contribution in [2.75, 3.05) is 19.8 Å². The maximum atomic E-state index is 12.1. The highest BCUT2D eigenvalue weighted by molar-refractivity contribution is 5.77. The number of hydrogen-bond acceptors (Lipinski definition) is 4. The molecule has 0 aliphatic heterocycles. The summed E-state index contributed by atoms with van der Waals surface area (Å²) < 4.78 is 10.6. The van der Waals surface area contributed by atoms with Crippen LogP contribution in [0.4, 0.5) is 0 Å². The van der Waals surface area contributed by atoms with Gasteiger partial charge in [0.05, 0.1) is 13.2 Å². The third-order valence-electron chi connectivity index (χ3n) is 2.75. The normalized spacial score (nSPS) is 12.2. The summed E-state index contributed by atoms with van der Waals surface area (Å²) in [5, 5.41) is 3.26. The number of nitrogens with one attached hydrogen (secondary N) is 1. The summed E-state index contributed by atoms with van der Waals surface area (Å²) in [5.41, 5.74) is 0.870. The Kier molecular flexibility index (Phi) is 7.09. The predicted molar refractivity (Wildman–Crippen MR) is 79.8 cm³/mol. The molecule has 0 aliphatic carbocycles. The first-order valence-corrected chi connectivity index (χ1v) is 7.21. The highest BCUT2D eigenvalue weighted by Crippen LogP contribution is 2.21. The molecule has 4 nitrogen and oxygen atoms in total. The van der Waals surface area contributed by atoms with Crippen molar-refractivity contribution in [3.8, 4) is 5.75 Å². The number of benzene rings is 1. The van der Waals surface area contributed by atoms with Gasteiger partial charge in [-0.15, -0.1) is 0 Å². The second-order valence-corrected chi connectivity index (χ2v) is 4.99. The lowest BCUT2D eigenvalue weighted by Gasteiger charge is -2.19. The second kappa shape index (κ2) is 8.59. The zero-order valence-electron chi connectivity index (χ0n) is 12.8. The van der Waals surface area contributed by atoms with Gasteiger partial charge in [0, 0.05) is 0 Å². The summed E-state index contributed by atoms with van der Waals surface area (Å²) >= 11 is 0. The fraction of sp³-hybridized carbons (Fsp3) is 0.562. The van der Waals surface area contributed by atoms with Crippen LogP contribution in [0.1, 0.15) is 39.3 Å². The Labute approximate surface area is 121 Å². The Hall–Kier alpha value is -1.55. The first-order valence-electron chi connectivity index (χ1n) is 7.21. The van der Waals surface area contributed by atoms with Gasteiger partial charge in [-0.2, -0.15) is 0 Å². The van der Waals surface area contributed by atoms with Crippen molar-refractivity contribution in [2.24, 2.45) is 5.92 Å². The molecule has 20 heavy (non-hydrogen) atoms. The van der Waals surface area contributed by atoms with Gasteiger partial charge in [0.15, 0.2) is 0 Å². The molecule has 0 saturated heterocycles. The van der Waals surface area contributed by atoms with Gasteiger partial charge in [0.2, 0.25) is 0 Å². The largest absolute Gasteiger partial charge is 0.494 e. The molecule has 4 heteroatoms. The van der Waals surface area contributed by atoms with Gasteiger partial charge in [0.25, 0.3) is 0 Å². The predicted octanol–water partition coefficient (Wildman–Crippen LogP) is 2.94. The number of ether oxygens (including phenoxy) is 2. The van der Waals surface area contributed by atoms with Crippen LogP contribution in [-0.2, 0) is 9.53 Å². The minimum atomic E-state index is -0.447. The van der Waals surface area contributed by atoms with Crippen molar-refractivity contribution >= 4 is 5.97 Å². The van der Waals surface area contributed by atoms with E-state index in [0.29, 0.717) is 19.1 Å². The maximum absolute atomic E-state index is 12.1. The fourth-order valence-corrected chi connectivity index (χ4v) is 1.87. The van der Waals surface area contributed by atoms with E-state index in [4.69, 9.17) is 9.47 Å². The molecular formula is C16H25NO3. The van der Waals surface area contributed by atoms with E-state index in [0.717, 1.165) is 17.9 Å². The Morgan fingerprint density at radius 2 is 2.00 bits per heavy atom. The quantitative estimate of drug-likeness (QED) is 0.743. The van der Waals surface area contributed by atoms with Crippen LogP contribution in [0.15, 0.2) is 24.3 Å². The smallest absolute Gasteiger partial charge is 0.327 e. The minimum absolute atomic E-state index is 0.248. The standard InChI is InChI=1S/C16H25NO3/c1-5-19-14-9-7-8-13(10-14)15(16(18)20-6-2)17-11-12(3)4/h7-10,12,15,17H,5-6,11H2,1-4H3. The van der Waals surface area contributed by atoms with E-state index >= 15 is 0 Å². The summed E-state index contributed by atoms with van der Waals surface area (Å²) in [5.74, 6) is 0.981. The molecule has 0 spiro atoms. The van der Waals surface area contributed by atoms with E-state index in [1.165, 1.54) is 0 Å². The molecule has 0 radical (unpaired) electrons. The van der Waals surface area contributed by atoms with E-state index in [2.05, 4.69) is 19.2 Å². The van der Waals surface area contributed by atoms with Crippen LogP contribution in [0, 0.1) is 5.92 Å². The molecule has 0 heterocycles. The third kappa shape index (κ3) is 5.21. The molecule has 1 N–H and O–H groups in total. The molecule has 1 rings (SSSR count). The third-order valence-corrected chi connectivity index (χ3v) is 2.75. The molecule has 1 unspecified atom stereocenters. The highest BCUT2D eigenvalue weighted by atomic mass is 16.5. The summed E-state index contributed by atoms with van der Waals surface area (Å²) in [6.07, 6.45) is 0. The van der Waals surface area contributed by atoms with Gasteiger partial charge in [-0.05, 0) is 44.0 Å². The van der Waals surface area contributed by atoms with Gasteiger partial charge < -0.3 is 14.8 Å². The lowest BCUT2D eigenvalue weighted by molar-refractivity contribution is -0.145. The second-order valence-electron chi connectivity index (χ2n) is 4.99. The van der Waals surface area contributed by atoms with Crippen LogP contribution >= 0.6 is 0 Å². The minimum Gasteiger partial charge on any atom is -0.494 e. The molecule has 0 aliphatic rings. The number of hydrogen-bond donors (Lipinski definition) is 1. The van der Waals surface area contributed by atoms with E-state index in [1.807, 2.05) is 38.1 Å². The van der Waals surface area contributed by atoms with Crippen LogP contribution in [0.2, 0.25) is 0 Å². The van der Waals surface area contributed by atoms with Gasteiger partial charge in [-0.1, -0.05) is 26.0 Å². The summed E-state index contributed by atoms with van der Waals surface area (Å²) in [6, 6.07) is 7.13. The molecule has 1 atom stereocenters.